The number of alkyl halides is 1. The Morgan fingerprint density at radius 2 is 2.13 bits per heavy atom. The van der Waals surface area contributed by atoms with Gasteiger partial charge in [0.1, 0.15) is 0 Å². The predicted octanol–water partition coefficient (Wildman–Crippen LogP) is 3.41. The van der Waals surface area contributed by atoms with Crippen LogP contribution in [0.25, 0.3) is 0 Å². The van der Waals surface area contributed by atoms with E-state index in [1.54, 1.807) is 0 Å². The molecule has 0 radical (unpaired) electrons. The van der Waals surface area contributed by atoms with Gasteiger partial charge in [0.25, 0.3) is 0 Å². The van der Waals surface area contributed by atoms with Gasteiger partial charge in [-0.25, -0.2) is 0 Å². The molecule has 1 unspecified atom stereocenters. The second-order valence-electron chi connectivity index (χ2n) is 3.59. The number of amides is 1. The molecule has 0 spiro atoms. The maximum absolute atomic E-state index is 11.7. The fourth-order valence-corrected chi connectivity index (χ4v) is 1.43. The van der Waals surface area contributed by atoms with Crippen molar-refractivity contribution in [2.75, 3.05) is 5.32 Å². The summed E-state index contributed by atoms with van der Waals surface area (Å²) in [5.41, 5.74) is 1.77. The maximum Gasteiger partial charge on any atom is 0.227 e. The maximum atomic E-state index is 11.7. The van der Waals surface area contributed by atoms with E-state index < -0.39 is 0 Å². The first-order valence-electron chi connectivity index (χ1n) is 5.13. The molecule has 1 rings (SSSR count). The largest absolute Gasteiger partial charge is 0.326 e. The number of carbonyl (C=O) groups is 1. The SMILES string of the molecule is CCC(C)C(=O)Nc1ccccc1CCl. The Labute approximate surface area is 95.6 Å². The summed E-state index contributed by atoms with van der Waals surface area (Å²) in [6, 6.07) is 7.59. The van der Waals surface area contributed by atoms with Crippen LogP contribution in [0.1, 0.15) is 25.8 Å². The summed E-state index contributed by atoms with van der Waals surface area (Å²) < 4.78 is 0. The number of anilines is 1. The minimum absolute atomic E-state index is 0.0355. The molecular formula is C12H16ClNO. The van der Waals surface area contributed by atoms with Crippen LogP contribution in [0, 0.1) is 5.92 Å². The van der Waals surface area contributed by atoms with Crippen LogP contribution >= 0.6 is 11.6 Å². The summed E-state index contributed by atoms with van der Waals surface area (Å²) in [5.74, 6) is 0.500. The number of para-hydroxylation sites is 1. The van der Waals surface area contributed by atoms with E-state index in [1.807, 2.05) is 38.1 Å². The Kier molecular flexibility index (Phi) is 4.63. The van der Waals surface area contributed by atoms with Crippen LogP contribution in [0.2, 0.25) is 0 Å². The molecule has 1 atom stereocenters. The number of hydrogen-bond donors (Lipinski definition) is 1. The van der Waals surface area contributed by atoms with Gasteiger partial charge < -0.3 is 5.32 Å². The van der Waals surface area contributed by atoms with Crippen molar-refractivity contribution in [2.24, 2.45) is 5.92 Å². The second-order valence-corrected chi connectivity index (χ2v) is 3.86. The van der Waals surface area contributed by atoms with Crippen molar-refractivity contribution in [3.63, 3.8) is 0 Å². The van der Waals surface area contributed by atoms with E-state index in [1.165, 1.54) is 0 Å². The quantitative estimate of drug-likeness (QED) is 0.782. The Hall–Kier alpha value is -1.02. The highest BCUT2D eigenvalue weighted by molar-refractivity contribution is 6.17. The van der Waals surface area contributed by atoms with Crippen LogP contribution in [0.4, 0.5) is 5.69 Å². The lowest BCUT2D eigenvalue weighted by molar-refractivity contribution is -0.119. The Balaban J connectivity index is 2.76. The van der Waals surface area contributed by atoms with Crippen LogP contribution in [0.3, 0.4) is 0 Å². The molecule has 1 aromatic rings. The molecule has 1 amide bonds. The van der Waals surface area contributed by atoms with Gasteiger partial charge in [0.2, 0.25) is 5.91 Å². The third kappa shape index (κ3) is 3.24. The van der Waals surface area contributed by atoms with Gasteiger partial charge in [-0.2, -0.15) is 0 Å². The lowest BCUT2D eigenvalue weighted by Gasteiger charge is -2.12. The average molecular weight is 226 g/mol. The van der Waals surface area contributed by atoms with Gasteiger partial charge in [0, 0.05) is 17.5 Å². The molecule has 0 aliphatic rings. The molecule has 1 aromatic carbocycles. The predicted molar refractivity (Wildman–Crippen MR) is 64.1 cm³/mol. The van der Waals surface area contributed by atoms with Gasteiger partial charge in [-0.3, -0.25) is 4.79 Å². The first-order chi connectivity index (χ1) is 7.19. The molecule has 1 N–H and O–H groups in total. The summed E-state index contributed by atoms with van der Waals surface area (Å²) in [5, 5.41) is 2.89. The number of halogens is 1. The van der Waals surface area contributed by atoms with E-state index in [0.717, 1.165) is 17.7 Å². The first kappa shape index (κ1) is 12.1. The van der Waals surface area contributed by atoms with Crippen LogP contribution in [-0.2, 0) is 10.7 Å². The van der Waals surface area contributed by atoms with Crippen molar-refractivity contribution >= 4 is 23.2 Å². The van der Waals surface area contributed by atoms with Gasteiger partial charge >= 0.3 is 0 Å². The molecule has 2 nitrogen and oxygen atoms in total. The lowest BCUT2D eigenvalue weighted by Crippen LogP contribution is -2.20. The number of carbonyl (C=O) groups excluding carboxylic acids is 1. The number of hydrogen-bond acceptors (Lipinski definition) is 1. The minimum Gasteiger partial charge on any atom is -0.326 e. The minimum atomic E-state index is 0.0355. The van der Waals surface area contributed by atoms with Gasteiger partial charge in [-0.05, 0) is 18.1 Å². The third-order valence-electron chi connectivity index (χ3n) is 2.48. The van der Waals surface area contributed by atoms with Crippen molar-refractivity contribution in [3.8, 4) is 0 Å². The highest BCUT2D eigenvalue weighted by Crippen LogP contribution is 2.18. The monoisotopic (exact) mass is 225 g/mol. The van der Waals surface area contributed by atoms with Crippen LogP contribution in [0.15, 0.2) is 24.3 Å². The number of rotatable bonds is 4. The van der Waals surface area contributed by atoms with Crippen molar-refractivity contribution in [2.45, 2.75) is 26.1 Å². The van der Waals surface area contributed by atoms with Crippen molar-refractivity contribution in [1.29, 1.82) is 0 Å². The molecule has 0 saturated heterocycles. The number of nitrogens with one attached hydrogen (secondary N) is 1. The molecule has 0 aliphatic carbocycles. The molecule has 0 fully saturated rings. The van der Waals surface area contributed by atoms with Crippen LogP contribution in [-0.4, -0.2) is 5.91 Å². The molecule has 0 heterocycles. The molecule has 0 aromatic heterocycles. The Morgan fingerprint density at radius 1 is 1.47 bits per heavy atom. The van der Waals surface area contributed by atoms with E-state index in [9.17, 15) is 4.79 Å². The Bertz CT molecular complexity index is 338. The summed E-state index contributed by atoms with van der Waals surface area (Å²) in [6.45, 7) is 3.91. The van der Waals surface area contributed by atoms with Crippen molar-refractivity contribution in [3.05, 3.63) is 29.8 Å². The van der Waals surface area contributed by atoms with E-state index in [0.29, 0.717) is 5.88 Å². The van der Waals surface area contributed by atoms with E-state index >= 15 is 0 Å². The standard InChI is InChI=1S/C12H16ClNO/c1-3-9(2)12(15)14-11-7-5-4-6-10(11)8-13/h4-7,9H,3,8H2,1-2H3,(H,14,15). The van der Waals surface area contributed by atoms with Gasteiger partial charge in [0.15, 0.2) is 0 Å². The van der Waals surface area contributed by atoms with Gasteiger partial charge in [-0.15, -0.1) is 11.6 Å². The summed E-state index contributed by atoms with van der Waals surface area (Å²) in [6.07, 6.45) is 0.842. The van der Waals surface area contributed by atoms with Gasteiger partial charge in [-0.1, -0.05) is 32.0 Å². The Morgan fingerprint density at radius 3 is 2.73 bits per heavy atom. The van der Waals surface area contributed by atoms with Crippen molar-refractivity contribution in [1.82, 2.24) is 0 Å². The highest BCUT2D eigenvalue weighted by atomic mass is 35.5. The average Bonchev–Trinajstić information content (AvgIpc) is 2.28. The number of benzene rings is 1. The normalized spacial score (nSPS) is 12.2. The molecule has 0 bridgehead atoms. The smallest absolute Gasteiger partial charge is 0.227 e. The molecule has 15 heavy (non-hydrogen) atoms. The summed E-state index contributed by atoms with van der Waals surface area (Å²) in [7, 11) is 0. The van der Waals surface area contributed by atoms with E-state index in [-0.39, 0.29) is 11.8 Å². The molecule has 0 saturated carbocycles. The second kappa shape index (κ2) is 5.76. The highest BCUT2D eigenvalue weighted by Gasteiger charge is 2.11. The van der Waals surface area contributed by atoms with Crippen LogP contribution in [0.5, 0.6) is 0 Å². The van der Waals surface area contributed by atoms with E-state index in [2.05, 4.69) is 5.32 Å². The molecule has 82 valence electrons. The zero-order chi connectivity index (χ0) is 11.3. The zero-order valence-corrected chi connectivity index (χ0v) is 9.84. The van der Waals surface area contributed by atoms with Crippen LogP contribution < -0.4 is 5.32 Å². The van der Waals surface area contributed by atoms with Gasteiger partial charge in [0.05, 0.1) is 0 Å². The summed E-state index contributed by atoms with van der Waals surface area (Å²) >= 11 is 5.78. The first-order valence-corrected chi connectivity index (χ1v) is 5.67. The lowest BCUT2D eigenvalue weighted by atomic mass is 10.1. The van der Waals surface area contributed by atoms with E-state index in [4.69, 9.17) is 11.6 Å². The molecule has 3 heteroatoms. The molecular weight excluding hydrogens is 210 g/mol. The fourth-order valence-electron chi connectivity index (χ4n) is 1.20. The fraction of sp³-hybridized carbons (Fsp3) is 0.417. The molecule has 0 aliphatic heterocycles. The van der Waals surface area contributed by atoms with Crippen molar-refractivity contribution < 1.29 is 4.79 Å². The topological polar surface area (TPSA) is 29.1 Å². The zero-order valence-electron chi connectivity index (χ0n) is 9.09. The summed E-state index contributed by atoms with van der Waals surface area (Å²) in [4.78, 5) is 11.7. The third-order valence-corrected chi connectivity index (χ3v) is 2.77.